The molecule has 38 heavy (non-hydrogen) atoms. The quantitative estimate of drug-likeness (QED) is 0.259. The van der Waals surface area contributed by atoms with E-state index in [2.05, 4.69) is 0 Å². The fraction of sp³-hybridized carbons (Fsp3) is 0.500. The topological polar surface area (TPSA) is 111 Å². The van der Waals surface area contributed by atoms with Crippen molar-refractivity contribution in [2.75, 3.05) is 23.8 Å². The summed E-state index contributed by atoms with van der Waals surface area (Å²) in [5.74, 6) is -17.9. The highest BCUT2D eigenvalue weighted by Crippen LogP contribution is 2.41. The standard InChI is InChI=1S/C24H28F4N2O6S2/c1-7-13-11(5)37-17(15(13)19(31)35-9-3)29-21(33)23(25,26)24(27,28)22(34)30-18-16(20(32)36-10-4)14(8-2)12(6)38-18/h7-10H2,1-6H3,(H,29,33)(H,30,34). The molecule has 210 valence electrons. The van der Waals surface area contributed by atoms with Crippen molar-refractivity contribution in [3.8, 4) is 0 Å². The largest absolute Gasteiger partial charge is 0.462 e. The van der Waals surface area contributed by atoms with Gasteiger partial charge in [-0.05, 0) is 51.7 Å². The molecule has 0 saturated heterocycles. The molecule has 2 aromatic rings. The molecule has 2 N–H and O–H groups in total. The summed E-state index contributed by atoms with van der Waals surface area (Å²) in [5, 5.41) is 2.56. The van der Waals surface area contributed by atoms with Crippen LogP contribution in [0.4, 0.5) is 27.6 Å². The van der Waals surface area contributed by atoms with E-state index >= 15 is 0 Å². The van der Waals surface area contributed by atoms with Crippen molar-refractivity contribution in [3.63, 3.8) is 0 Å². The van der Waals surface area contributed by atoms with Gasteiger partial charge in [0.05, 0.1) is 24.3 Å². The first kappa shape index (κ1) is 31.2. The number of nitrogens with one attached hydrogen (secondary N) is 2. The lowest BCUT2D eigenvalue weighted by atomic mass is 10.1. The number of alkyl halides is 4. The zero-order chi connectivity index (χ0) is 29.0. The third-order valence-electron chi connectivity index (χ3n) is 5.50. The van der Waals surface area contributed by atoms with Gasteiger partial charge < -0.3 is 20.1 Å². The van der Waals surface area contributed by atoms with Crippen LogP contribution < -0.4 is 10.6 Å². The first-order chi connectivity index (χ1) is 17.7. The van der Waals surface area contributed by atoms with Crippen LogP contribution in [0, 0.1) is 13.8 Å². The predicted molar refractivity (Wildman–Crippen MR) is 136 cm³/mol. The van der Waals surface area contributed by atoms with E-state index in [4.69, 9.17) is 9.47 Å². The molecule has 0 saturated carbocycles. The van der Waals surface area contributed by atoms with Crippen molar-refractivity contribution in [2.24, 2.45) is 0 Å². The SMILES string of the molecule is CCOC(=O)c1c(NC(=O)C(F)(F)C(F)(F)C(=O)Nc2sc(C)c(CC)c2C(=O)OCC)sc(C)c1CC. The van der Waals surface area contributed by atoms with Crippen molar-refractivity contribution in [2.45, 2.75) is 66.2 Å². The summed E-state index contributed by atoms with van der Waals surface area (Å²) in [6.45, 7) is 9.42. The molecule has 0 fully saturated rings. The van der Waals surface area contributed by atoms with Crippen molar-refractivity contribution >= 4 is 56.4 Å². The number of esters is 2. The van der Waals surface area contributed by atoms with Crippen LogP contribution in [0.25, 0.3) is 0 Å². The van der Waals surface area contributed by atoms with Gasteiger partial charge in [-0.25, -0.2) is 9.59 Å². The Morgan fingerprint density at radius 2 is 1.00 bits per heavy atom. The molecule has 0 aliphatic carbocycles. The van der Waals surface area contributed by atoms with E-state index in [1.165, 1.54) is 13.8 Å². The number of carbonyl (C=O) groups is 4. The van der Waals surface area contributed by atoms with Crippen LogP contribution in [-0.4, -0.2) is 48.8 Å². The maximum Gasteiger partial charge on any atom is 0.396 e. The van der Waals surface area contributed by atoms with Gasteiger partial charge in [-0.1, -0.05) is 13.8 Å². The second-order valence-corrected chi connectivity index (χ2v) is 10.3. The molecule has 2 heterocycles. The van der Waals surface area contributed by atoms with Gasteiger partial charge in [0.15, 0.2) is 0 Å². The molecule has 0 radical (unpaired) electrons. The summed E-state index contributed by atoms with van der Waals surface area (Å²) >= 11 is 1.48. The lowest BCUT2D eigenvalue weighted by Gasteiger charge is -2.24. The van der Waals surface area contributed by atoms with Crippen molar-refractivity contribution in [3.05, 3.63) is 32.0 Å². The number of carbonyl (C=O) groups excluding carboxylic acids is 4. The predicted octanol–water partition coefficient (Wildman–Crippen LogP) is 5.75. The molecular formula is C24H28F4N2O6S2. The highest BCUT2D eigenvalue weighted by Gasteiger charge is 2.67. The van der Waals surface area contributed by atoms with Gasteiger partial charge in [0.1, 0.15) is 10.0 Å². The van der Waals surface area contributed by atoms with E-state index in [0.29, 0.717) is 20.9 Å². The van der Waals surface area contributed by atoms with Crippen LogP contribution >= 0.6 is 22.7 Å². The number of thiophene rings is 2. The maximum atomic E-state index is 14.8. The summed E-state index contributed by atoms with van der Waals surface area (Å²) in [4.78, 5) is 50.6. The lowest BCUT2D eigenvalue weighted by Crippen LogP contribution is -2.56. The van der Waals surface area contributed by atoms with E-state index in [1.54, 1.807) is 38.3 Å². The van der Waals surface area contributed by atoms with E-state index in [1.807, 2.05) is 0 Å². The average Bonchev–Trinajstić information content (AvgIpc) is 3.33. The van der Waals surface area contributed by atoms with Crippen molar-refractivity contribution in [1.29, 1.82) is 0 Å². The molecule has 0 aliphatic rings. The van der Waals surface area contributed by atoms with Gasteiger partial charge in [-0.2, -0.15) is 17.6 Å². The van der Waals surface area contributed by atoms with E-state index in [0.717, 1.165) is 22.7 Å². The third kappa shape index (κ3) is 5.85. The molecule has 0 aliphatic heterocycles. The number of rotatable bonds is 11. The molecule has 0 unspecified atom stereocenters. The number of hydrogen-bond acceptors (Lipinski definition) is 8. The molecule has 14 heteroatoms. The monoisotopic (exact) mass is 580 g/mol. The molecule has 0 spiro atoms. The maximum absolute atomic E-state index is 14.8. The molecule has 0 atom stereocenters. The smallest absolute Gasteiger partial charge is 0.396 e. The lowest BCUT2D eigenvalue weighted by molar-refractivity contribution is -0.204. The average molecular weight is 581 g/mol. The zero-order valence-electron chi connectivity index (χ0n) is 21.6. The van der Waals surface area contributed by atoms with E-state index in [-0.39, 0.29) is 37.2 Å². The van der Waals surface area contributed by atoms with Gasteiger partial charge in [0, 0.05) is 9.75 Å². The van der Waals surface area contributed by atoms with Crippen molar-refractivity contribution in [1.82, 2.24) is 0 Å². The molecular weight excluding hydrogens is 552 g/mol. The summed E-state index contributed by atoms with van der Waals surface area (Å²) in [5.41, 5.74) is 0.383. The first-order valence-electron chi connectivity index (χ1n) is 11.7. The summed E-state index contributed by atoms with van der Waals surface area (Å²) in [6, 6.07) is 0. The Bertz CT molecular complexity index is 1140. The molecule has 0 aromatic carbocycles. The van der Waals surface area contributed by atoms with Crippen molar-refractivity contribution < 1.29 is 46.2 Å². The number of hydrogen-bond donors (Lipinski definition) is 2. The summed E-state index contributed by atoms with van der Waals surface area (Å²) < 4.78 is 69.1. The van der Waals surface area contributed by atoms with Crippen LogP contribution in [0.1, 0.15) is 69.3 Å². The molecule has 0 bridgehead atoms. The Balaban J connectivity index is 2.40. The Hall–Kier alpha value is -3.00. The minimum atomic E-state index is -5.53. The van der Waals surface area contributed by atoms with Crippen LogP contribution in [0.15, 0.2) is 0 Å². The van der Waals surface area contributed by atoms with Crippen LogP contribution in [0.2, 0.25) is 0 Å². The molecule has 2 rings (SSSR count). The Morgan fingerprint density at radius 1 is 0.684 bits per heavy atom. The van der Waals surface area contributed by atoms with Crippen LogP contribution in [0.3, 0.4) is 0 Å². The van der Waals surface area contributed by atoms with E-state index in [9.17, 15) is 36.7 Å². The number of halogens is 4. The molecule has 2 amide bonds. The second kappa shape index (κ2) is 12.2. The highest BCUT2D eigenvalue weighted by molar-refractivity contribution is 7.17. The fourth-order valence-corrected chi connectivity index (χ4v) is 5.93. The number of ether oxygens (including phenoxy) is 2. The van der Waals surface area contributed by atoms with Crippen LogP contribution in [0.5, 0.6) is 0 Å². The first-order valence-corrected chi connectivity index (χ1v) is 13.3. The molecule has 8 nitrogen and oxygen atoms in total. The minimum Gasteiger partial charge on any atom is -0.462 e. The number of amides is 2. The van der Waals surface area contributed by atoms with Gasteiger partial charge in [0.2, 0.25) is 0 Å². The normalized spacial score (nSPS) is 11.7. The number of anilines is 2. The van der Waals surface area contributed by atoms with Gasteiger partial charge >= 0.3 is 35.6 Å². The second-order valence-electron chi connectivity index (χ2n) is 7.89. The van der Waals surface area contributed by atoms with Gasteiger partial charge in [-0.3, -0.25) is 9.59 Å². The zero-order valence-corrected chi connectivity index (χ0v) is 23.2. The summed E-state index contributed by atoms with van der Waals surface area (Å²) in [7, 11) is 0. The summed E-state index contributed by atoms with van der Waals surface area (Å²) in [6.07, 6.45) is 0.564. The Morgan fingerprint density at radius 3 is 1.26 bits per heavy atom. The third-order valence-corrected chi connectivity index (χ3v) is 7.63. The number of aryl methyl sites for hydroxylation is 2. The molecule has 2 aromatic heterocycles. The fourth-order valence-electron chi connectivity index (χ4n) is 3.67. The Kier molecular flexibility index (Phi) is 10.1. The Labute approximate surface area is 224 Å². The highest BCUT2D eigenvalue weighted by atomic mass is 32.1. The van der Waals surface area contributed by atoms with Crippen LogP contribution in [-0.2, 0) is 31.9 Å². The van der Waals surface area contributed by atoms with E-state index < -0.39 is 45.6 Å². The van der Waals surface area contributed by atoms with Gasteiger partial charge in [-0.15, -0.1) is 22.7 Å². The van der Waals surface area contributed by atoms with Gasteiger partial charge in [0.25, 0.3) is 0 Å². The minimum absolute atomic E-state index is 0.0472.